The molecule has 0 aromatic heterocycles. The highest BCUT2D eigenvalue weighted by Crippen LogP contribution is 2.25. The van der Waals surface area contributed by atoms with Crippen LogP contribution in [-0.4, -0.2) is 12.0 Å². The Bertz CT molecular complexity index is 628. The molecule has 2 aromatic rings. The Balaban J connectivity index is 2.09. The van der Waals surface area contributed by atoms with E-state index in [1.54, 1.807) is 12.1 Å². The van der Waals surface area contributed by atoms with E-state index in [0.29, 0.717) is 17.2 Å². The van der Waals surface area contributed by atoms with Gasteiger partial charge in [-0.3, -0.25) is 4.79 Å². The van der Waals surface area contributed by atoms with Gasteiger partial charge in [-0.15, -0.1) is 0 Å². The van der Waals surface area contributed by atoms with Gasteiger partial charge in [-0.25, -0.2) is 0 Å². The summed E-state index contributed by atoms with van der Waals surface area (Å²) in [6.07, 6.45) is -0.0207. The number of hydrogen-bond acceptors (Lipinski definition) is 2. The Labute approximate surface area is 129 Å². The molecule has 0 aliphatic heterocycles. The molecule has 4 heteroatoms. The second kappa shape index (κ2) is 7.14. The second-order valence-corrected chi connectivity index (χ2v) is 5.16. The predicted molar refractivity (Wildman–Crippen MR) is 86.0 cm³/mol. The lowest BCUT2D eigenvalue weighted by Crippen LogP contribution is -2.32. The number of halogens is 1. The van der Waals surface area contributed by atoms with Crippen LogP contribution in [0.1, 0.15) is 18.9 Å². The number of carbonyl (C=O) groups is 1. The number of carbonyl (C=O) groups excluding carboxylic acids is 1. The molecule has 0 heterocycles. The first kappa shape index (κ1) is 15.4. The Morgan fingerprint density at radius 1 is 1.19 bits per heavy atom. The van der Waals surface area contributed by atoms with Gasteiger partial charge in [-0.2, -0.15) is 0 Å². The van der Waals surface area contributed by atoms with Crippen LogP contribution < -0.4 is 10.1 Å². The summed E-state index contributed by atoms with van der Waals surface area (Å²) in [5.41, 5.74) is 1.81. The number of amides is 1. The summed E-state index contributed by atoms with van der Waals surface area (Å²) in [7, 11) is 0. The van der Waals surface area contributed by atoms with Gasteiger partial charge in [0.2, 0.25) is 0 Å². The molecule has 0 saturated carbocycles. The zero-order valence-electron chi connectivity index (χ0n) is 12.1. The van der Waals surface area contributed by atoms with E-state index in [2.05, 4.69) is 5.32 Å². The van der Waals surface area contributed by atoms with Crippen LogP contribution in [0.25, 0.3) is 0 Å². The highest BCUT2D eigenvalue weighted by atomic mass is 35.5. The summed E-state index contributed by atoms with van der Waals surface area (Å²) in [6, 6.07) is 14.8. The molecule has 0 aliphatic carbocycles. The van der Waals surface area contributed by atoms with Crippen LogP contribution in [0, 0.1) is 6.92 Å². The maximum Gasteiger partial charge on any atom is 0.265 e. The average Bonchev–Trinajstić information content (AvgIpc) is 2.48. The van der Waals surface area contributed by atoms with Crippen molar-refractivity contribution in [2.75, 3.05) is 5.32 Å². The van der Waals surface area contributed by atoms with Crippen molar-refractivity contribution in [3.05, 3.63) is 59.1 Å². The number of hydrogen-bond donors (Lipinski definition) is 1. The fourth-order valence-corrected chi connectivity index (χ4v) is 2.12. The topological polar surface area (TPSA) is 38.3 Å². The molecule has 3 nitrogen and oxygen atoms in total. The lowest BCUT2D eigenvalue weighted by molar-refractivity contribution is -0.122. The van der Waals surface area contributed by atoms with Crippen LogP contribution in [-0.2, 0) is 4.79 Å². The van der Waals surface area contributed by atoms with E-state index in [1.165, 1.54) is 0 Å². The summed E-state index contributed by atoms with van der Waals surface area (Å²) < 4.78 is 5.72. The Morgan fingerprint density at radius 3 is 2.52 bits per heavy atom. The van der Waals surface area contributed by atoms with Gasteiger partial charge in [0.15, 0.2) is 6.10 Å². The predicted octanol–water partition coefficient (Wildman–Crippen LogP) is 4.44. The van der Waals surface area contributed by atoms with Crippen molar-refractivity contribution in [1.82, 2.24) is 0 Å². The third kappa shape index (κ3) is 3.99. The Kier molecular flexibility index (Phi) is 5.23. The largest absolute Gasteiger partial charge is 0.479 e. The molecule has 110 valence electrons. The van der Waals surface area contributed by atoms with Crippen molar-refractivity contribution in [1.29, 1.82) is 0 Å². The monoisotopic (exact) mass is 303 g/mol. The van der Waals surface area contributed by atoms with Gasteiger partial charge in [0, 0.05) is 5.69 Å². The fourth-order valence-electron chi connectivity index (χ4n) is 1.94. The van der Waals surface area contributed by atoms with E-state index in [4.69, 9.17) is 16.3 Å². The number of nitrogens with one attached hydrogen (secondary N) is 1. The summed E-state index contributed by atoms with van der Waals surface area (Å²) in [5.74, 6) is 0.345. The molecular weight excluding hydrogens is 286 g/mol. The molecule has 1 N–H and O–H groups in total. The van der Waals surface area contributed by atoms with Crippen molar-refractivity contribution in [2.45, 2.75) is 26.4 Å². The number of aryl methyl sites for hydroxylation is 1. The van der Waals surface area contributed by atoms with E-state index in [1.807, 2.05) is 50.2 Å². The number of rotatable bonds is 5. The molecule has 2 aromatic carbocycles. The first-order valence-corrected chi connectivity index (χ1v) is 7.27. The third-order valence-electron chi connectivity index (χ3n) is 3.17. The number of benzene rings is 2. The molecule has 0 spiro atoms. The first-order chi connectivity index (χ1) is 10.1. The molecule has 0 aliphatic rings. The Hall–Kier alpha value is -2.00. The van der Waals surface area contributed by atoms with E-state index in [9.17, 15) is 4.79 Å². The van der Waals surface area contributed by atoms with Crippen molar-refractivity contribution >= 4 is 23.2 Å². The van der Waals surface area contributed by atoms with E-state index in [-0.39, 0.29) is 5.91 Å². The minimum absolute atomic E-state index is 0.174. The minimum atomic E-state index is -0.579. The van der Waals surface area contributed by atoms with E-state index < -0.39 is 6.10 Å². The Morgan fingerprint density at radius 2 is 1.86 bits per heavy atom. The molecule has 2 rings (SSSR count). The van der Waals surface area contributed by atoms with Gasteiger partial charge in [0.1, 0.15) is 5.75 Å². The molecule has 1 unspecified atom stereocenters. The van der Waals surface area contributed by atoms with Crippen LogP contribution in [0.4, 0.5) is 5.69 Å². The highest BCUT2D eigenvalue weighted by Gasteiger charge is 2.19. The number of ether oxygens (including phenoxy) is 1. The molecule has 1 atom stereocenters. The summed E-state index contributed by atoms with van der Waals surface area (Å²) >= 11 is 6.06. The van der Waals surface area contributed by atoms with Gasteiger partial charge in [-0.1, -0.05) is 48.9 Å². The molecule has 21 heavy (non-hydrogen) atoms. The SMILES string of the molecule is CCC(Oc1ccccc1Cl)C(=O)Nc1ccccc1C. The lowest BCUT2D eigenvalue weighted by Gasteiger charge is -2.18. The van der Waals surface area contributed by atoms with Crippen LogP contribution in [0.2, 0.25) is 5.02 Å². The maximum atomic E-state index is 12.3. The number of anilines is 1. The number of para-hydroxylation sites is 2. The summed E-state index contributed by atoms with van der Waals surface area (Å²) in [5, 5.41) is 3.39. The molecule has 0 fully saturated rings. The molecule has 1 amide bonds. The van der Waals surface area contributed by atoms with Gasteiger partial charge < -0.3 is 10.1 Å². The van der Waals surface area contributed by atoms with Gasteiger partial charge in [-0.05, 0) is 37.1 Å². The van der Waals surface area contributed by atoms with Crippen molar-refractivity contribution in [3.8, 4) is 5.75 Å². The average molecular weight is 304 g/mol. The van der Waals surface area contributed by atoms with Crippen LogP contribution in [0.5, 0.6) is 5.75 Å². The van der Waals surface area contributed by atoms with E-state index >= 15 is 0 Å². The zero-order chi connectivity index (χ0) is 15.2. The van der Waals surface area contributed by atoms with Crippen LogP contribution >= 0.6 is 11.6 Å². The van der Waals surface area contributed by atoms with Crippen molar-refractivity contribution in [3.63, 3.8) is 0 Å². The fraction of sp³-hybridized carbons (Fsp3) is 0.235. The first-order valence-electron chi connectivity index (χ1n) is 6.89. The maximum absolute atomic E-state index is 12.3. The molecule has 0 saturated heterocycles. The van der Waals surface area contributed by atoms with Crippen molar-refractivity contribution in [2.24, 2.45) is 0 Å². The highest BCUT2D eigenvalue weighted by molar-refractivity contribution is 6.32. The van der Waals surface area contributed by atoms with Gasteiger partial charge >= 0.3 is 0 Å². The third-order valence-corrected chi connectivity index (χ3v) is 3.48. The summed E-state index contributed by atoms with van der Waals surface area (Å²) in [6.45, 7) is 3.85. The molecule has 0 radical (unpaired) electrons. The quantitative estimate of drug-likeness (QED) is 0.886. The van der Waals surface area contributed by atoms with Crippen LogP contribution in [0.15, 0.2) is 48.5 Å². The molecular formula is C17H18ClNO2. The zero-order valence-corrected chi connectivity index (χ0v) is 12.9. The lowest BCUT2D eigenvalue weighted by atomic mass is 10.2. The standard InChI is InChI=1S/C17H18ClNO2/c1-3-15(21-16-11-7-5-9-13(16)18)17(20)19-14-10-6-4-8-12(14)2/h4-11,15H,3H2,1-2H3,(H,19,20). The van der Waals surface area contributed by atoms with Gasteiger partial charge in [0.25, 0.3) is 5.91 Å². The smallest absolute Gasteiger partial charge is 0.265 e. The van der Waals surface area contributed by atoms with Gasteiger partial charge in [0.05, 0.1) is 5.02 Å². The molecule has 0 bridgehead atoms. The second-order valence-electron chi connectivity index (χ2n) is 4.75. The normalized spacial score (nSPS) is 11.8. The summed E-state index contributed by atoms with van der Waals surface area (Å²) in [4.78, 5) is 12.3. The minimum Gasteiger partial charge on any atom is -0.479 e. The van der Waals surface area contributed by atoms with Crippen molar-refractivity contribution < 1.29 is 9.53 Å². The van der Waals surface area contributed by atoms with Crippen LogP contribution in [0.3, 0.4) is 0 Å². The van der Waals surface area contributed by atoms with E-state index in [0.717, 1.165) is 11.3 Å².